The molecule has 0 atom stereocenters. The summed E-state index contributed by atoms with van der Waals surface area (Å²) < 4.78 is 22.2. The summed E-state index contributed by atoms with van der Waals surface area (Å²) in [6.45, 7) is 13.0. The number of hydrogen-bond acceptors (Lipinski definition) is 28. The van der Waals surface area contributed by atoms with Crippen molar-refractivity contribution < 1.29 is 48.7 Å². The molecule has 6 N–H and O–H groups in total. The molecule has 0 bridgehead atoms. The number of aliphatic hydroxyl groups excluding tert-OH is 2. The zero-order chi connectivity index (χ0) is 60.7. The van der Waals surface area contributed by atoms with Gasteiger partial charge in [0.2, 0.25) is 0 Å². The molecule has 0 aliphatic rings. The molecule has 30 heteroatoms. The van der Waals surface area contributed by atoms with Crippen molar-refractivity contribution in [2.75, 3.05) is 43.3 Å². The van der Waals surface area contributed by atoms with Crippen molar-refractivity contribution in [2.24, 2.45) is 0 Å². The van der Waals surface area contributed by atoms with Gasteiger partial charge in [0.1, 0.15) is 48.3 Å². The minimum absolute atomic E-state index is 0.184. The molecular formula is C50H71N5O10S15. The molecule has 0 fully saturated rings. The summed E-state index contributed by atoms with van der Waals surface area (Å²) in [7, 11) is 9.92. The Morgan fingerprint density at radius 1 is 0.562 bits per heavy atom. The van der Waals surface area contributed by atoms with E-state index in [9.17, 15) is 9.59 Å². The molecule has 0 amide bonds. The molecule has 0 aromatic carbocycles. The van der Waals surface area contributed by atoms with Crippen LogP contribution in [0.25, 0.3) is 0 Å². The number of ether oxygens (including phenoxy) is 1. The Balaban J connectivity index is -0.000000923. The van der Waals surface area contributed by atoms with E-state index >= 15 is 0 Å². The highest BCUT2D eigenvalue weighted by atomic mass is 33.1. The molecule has 80 heavy (non-hydrogen) atoms. The van der Waals surface area contributed by atoms with Crippen molar-refractivity contribution in [3.8, 4) is 0 Å². The average molecular weight is 1380 g/mol. The number of aliphatic carboxylic acids is 2. The fourth-order valence-electron chi connectivity index (χ4n) is 3.75. The molecule has 15 nitrogen and oxygen atoms in total. The monoisotopic (exact) mass is 1380 g/mol. The molecule has 5 aromatic heterocycles. The summed E-state index contributed by atoms with van der Waals surface area (Å²) in [6, 6.07) is 28.7. The van der Waals surface area contributed by atoms with Crippen LogP contribution in [0.3, 0.4) is 0 Å². The highest BCUT2D eigenvalue weighted by Crippen LogP contribution is 2.35. The molecule has 0 saturated heterocycles. The number of aromatic nitrogens is 5. The van der Waals surface area contributed by atoms with Crippen LogP contribution in [0, 0.1) is 0 Å². The third kappa shape index (κ3) is 53.5. The molecule has 0 spiro atoms. The first-order valence-corrected chi connectivity index (χ1v) is 37.2. The van der Waals surface area contributed by atoms with Crippen LogP contribution in [-0.2, 0) is 19.1 Å². The van der Waals surface area contributed by atoms with Gasteiger partial charge in [-0.05, 0) is 167 Å². The number of thiocarbonyl (C=S) groups is 2. The Labute approximate surface area is 538 Å². The van der Waals surface area contributed by atoms with E-state index < -0.39 is 21.4 Å². The number of aliphatic hydroxyl groups is 2. The number of hydrogen-bond donors (Lipinski definition) is 7. The minimum atomic E-state index is -0.833. The first kappa shape index (κ1) is 82.9. The van der Waals surface area contributed by atoms with Crippen LogP contribution in [-0.4, -0.2) is 132 Å². The van der Waals surface area contributed by atoms with E-state index in [2.05, 4.69) is 51.4 Å². The van der Waals surface area contributed by atoms with Crippen LogP contribution in [0.2, 0.25) is 0 Å². The van der Waals surface area contributed by atoms with Gasteiger partial charge in [-0.25, -0.2) is 24.9 Å². The van der Waals surface area contributed by atoms with Crippen LogP contribution >= 0.6 is 171 Å². The second kappa shape index (κ2) is 58.1. The molecule has 446 valence electrons. The Hall–Kier alpha value is -1.27. The van der Waals surface area contributed by atoms with E-state index in [1.54, 1.807) is 112 Å². The lowest BCUT2D eigenvalue weighted by Crippen LogP contribution is -2.31. The number of carboxylic acids is 2. The van der Waals surface area contributed by atoms with E-state index in [-0.39, 0.29) is 12.6 Å². The number of esters is 1. The van der Waals surface area contributed by atoms with Crippen molar-refractivity contribution in [2.45, 2.75) is 109 Å². The highest BCUT2D eigenvalue weighted by molar-refractivity contribution is 8.77. The maximum absolute atomic E-state index is 12.2. The van der Waals surface area contributed by atoms with Gasteiger partial charge in [-0.15, -0.1) is 23.5 Å². The average Bonchev–Trinajstić information content (AvgIpc) is 3.45. The minimum Gasteiger partial charge on any atom is -0.481 e. The number of thiol groups is 1. The lowest BCUT2D eigenvalue weighted by molar-refractivity contribution is -0.145. The summed E-state index contributed by atoms with van der Waals surface area (Å²) in [5.41, 5.74) is 0. The molecular weight excluding hydrogens is 1310 g/mol. The number of unbranched alkanes of at least 4 members (excludes halogenated alkanes) is 2. The van der Waals surface area contributed by atoms with Gasteiger partial charge >= 0.3 is 11.9 Å². The number of carbonyl (C=O) groups is 3. The van der Waals surface area contributed by atoms with Gasteiger partial charge in [-0.2, -0.15) is 12.6 Å². The van der Waals surface area contributed by atoms with Crippen LogP contribution in [0.4, 0.5) is 0 Å². The highest BCUT2D eigenvalue weighted by Gasteiger charge is 2.32. The van der Waals surface area contributed by atoms with Crippen LogP contribution in [0.15, 0.2) is 147 Å². The summed E-state index contributed by atoms with van der Waals surface area (Å²) in [5.74, 6) is 1.42. The number of nitrogens with zero attached hydrogens (tertiary/aromatic N) is 5. The maximum atomic E-state index is 12.2. The van der Waals surface area contributed by atoms with E-state index in [0.29, 0.717) is 34.5 Å². The van der Waals surface area contributed by atoms with Gasteiger partial charge < -0.3 is 34.3 Å². The molecule has 0 saturated carbocycles. The molecule has 5 heterocycles. The second-order valence-electron chi connectivity index (χ2n) is 14.8. The number of pyridine rings is 5. The van der Waals surface area contributed by atoms with Gasteiger partial charge in [0.05, 0.1) is 28.8 Å². The van der Waals surface area contributed by atoms with Crippen LogP contribution in [0.5, 0.6) is 0 Å². The topological polar surface area (TPSA) is 246 Å². The normalized spacial score (nSPS) is 10.0. The summed E-state index contributed by atoms with van der Waals surface area (Å²) in [6.07, 6.45) is 13.3. The lowest BCUT2D eigenvalue weighted by atomic mass is 10.2. The summed E-state index contributed by atoms with van der Waals surface area (Å²) >= 11 is 21.4. The number of carboxylic acid groups (broad SMARTS) is 2. The van der Waals surface area contributed by atoms with Gasteiger partial charge in [-0.3, -0.25) is 14.4 Å². The number of thioether (sulfide) groups is 4. The molecule has 5 aromatic rings. The third-order valence-corrected chi connectivity index (χ3v) is 20.0. The van der Waals surface area contributed by atoms with Crippen molar-refractivity contribution in [1.82, 2.24) is 24.9 Å². The molecule has 0 radical (unpaired) electrons. The second-order valence-corrected chi connectivity index (χ2v) is 31.0. The van der Waals surface area contributed by atoms with Gasteiger partial charge in [0, 0.05) is 56.5 Å². The predicted octanol–water partition coefficient (Wildman–Crippen LogP) is 16.6. The first-order valence-electron chi connectivity index (χ1n) is 23.5. The van der Waals surface area contributed by atoms with Gasteiger partial charge in [0.15, 0.2) is 0 Å². The van der Waals surface area contributed by atoms with Gasteiger partial charge in [-0.1, -0.05) is 116 Å². The van der Waals surface area contributed by atoms with Crippen molar-refractivity contribution in [1.29, 1.82) is 0 Å². The quantitative estimate of drug-likeness (QED) is 0.00802. The van der Waals surface area contributed by atoms with Crippen molar-refractivity contribution in [3.05, 3.63) is 122 Å². The van der Waals surface area contributed by atoms with Gasteiger partial charge in [0.25, 0.3) is 5.97 Å². The van der Waals surface area contributed by atoms with E-state index in [4.69, 9.17) is 63.5 Å². The molecule has 0 aliphatic carbocycles. The summed E-state index contributed by atoms with van der Waals surface area (Å²) in [4.78, 5) is 52.6. The van der Waals surface area contributed by atoms with Crippen LogP contribution in [0.1, 0.15) is 74.1 Å². The maximum Gasteiger partial charge on any atom is 0.322 e. The largest absolute Gasteiger partial charge is 0.481 e. The van der Waals surface area contributed by atoms with Crippen LogP contribution < -0.4 is 0 Å². The summed E-state index contributed by atoms with van der Waals surface area (Å²) in [5, 5.41) is 35.7. The van der Waals surface area contributed by atoms with E-state index in [1.165, 1.54) is 45.1 Å². The first-order chi connectivity index (χ1) is 38.3. The molecule has 0 unspecified atom stereocenters. The zero-order valence-electron chi connectivity index (χ0n) is 45.3. The van der Waals surface area contributed by atoms with E-state index in [1.807, 2.05) is 105 Å². The number of rotatable bonds is 23. The Morgan fingerprint density at radius 3 is 1.15 bits per heavy atom. The standard InChI is InChI=1S/C16H23NO2S5.C10H8N2S2.C9H16O2S3.2C5H5NOS2.C2H4O2.C2H6OS.CH4O/c1-4-5-11-21-15(20)23-16(2,3)14(18)19-10-12-22-24-13-8-6-7-9-17-13;1-3-7-11-9(5-1)13-14-10-6-2-4-8-12-10;1-4-5-6-13-8(12)14-9(2,3)7(10)11;2*7-9-8-5-3-1-2-4-6-5;1-2(3)4;3-1-2-4;1-2/h6-9H,4-5,10-12H2,1-3H3;1-8H;4-6H2,1-3H3,(H,10,11);2*1-4,7H;1H3,(H,3,4);3-4H,1-2H2;2H,1H3. The smallest absolute Gasteiger partial charge is 0.322 e. The number of carbonyl (C=O) groups excluding carboxylic acids is 1. The Morgan fingerprint density at radius 2 is 0.875 bits per heavy atom. The fraction of sp³-hybridized carbons (Fsp3) is 0.400. The van der Waals surface area contributed by atoms with Crippen molar-refractivity contribution in [3.63, 3.8) is 0 Å². The molecule has 0 aliphatic heterocycles. The third-order valence-electron chi connectivity index (χ3n) is 7.41. The zero-order valence-corrected chi connectivity index (χ0v) is 57.7. The molecule has 5 rings (SSSR count). The van der Waals surface area contributed by atoms with E-state index in [0.717, 1.165) is 89.2 Å². The Bertz CT molecular complexity index is 2180. The lowest BCUT2D eigenvalue weighted by Gasteiger charge is -2.21. The predicted molar refractivity (Wildman–Crippen MR) is 368 cm³/mol. The van der Waals surface area contributed by atoms with Crippen molar-refractivity contribution >= 4 is 196 Å². The SMILES string of the molecule is CC(=O)O.CCCCSC(=S)SC(C)(C)C(=O)O.CCCCSC(=S)SC(C)(C)C(=O)OCCSSc1ccccn1.CO.OCCS.OSSc1ccccn1.OSSc1ccccn1.c1ccc(SSc2ccccn2)nc1. The Kier molecular flexibility index (Phi) is 60.3. The fourth-order valence-corrected chi connectivity index (χ4v) is 15.1.